The average Bonchev–Trinajstić information content (AvgIpc) is 2.14. The molecule has 0 aromatic heterocycles. The van der Waals surface area contributed by atoms with Gasteiger partial charge in [0, 0.05) is 12.6 Å². The molecule has 1 rings (SSSR count). The maximum absolute atomic E-state index is 12.4. The van der Waals surface area contributed by atoms with E-state index in [0.29, 0.717) is 13.0 Å². The van der Waals surface area contributed by atoms with Crippen molar-refractivity contribution in [3.8, 4) is 0 Å². The van der Waals surface area contributed by atoms with Gasteiger partial charge in [0.15, 0.2) is 0 Å². The third kappa shape index (κ3) is 3.33. The molecule has 0 spiro atoms. The third-order valence-electron chi connectivity index (χ3n) is 2.69. The lowest BCUT2D eigenvalue weighted by Crippen LogP contribution is -2.38. The van der Waals surface area contributed by atoms with Gasteiger partial charge in [0.2, 0.25) is 0 Å². The summed E-state index contributed by atoms with van der Waals surface area (Å²) in [5.74, 6) is -1.11. The summed E-state index contributed by atoms with van der Waals surface area (Å²) in [7, 11) is 0. The number of hydrogen-bond donors (Lipinski definition) is 1. The predicted octanol–water partition coefficient (Wildman–Crippen LogP) is 2.88. The molecule has 2 unspecified atom stereocenters. The maximum atomic E-state index is 12.4. The molecule has 82 valence electrons. The van der Waals surface area contributed by atoms with Crippen LogP contribution in [0.3, 0.4) is 0 Å². The fraction of sp³-hybridized carbons (Fsp3) is 0.800. The maximum Gasteiger partial charge on any atom is 0.391 e. The Morgan fingerprint density at radius 1 is 1.36 bits per heavy atom. The Balaban J connectivity index is 2.39. The summed E-state index contributed by atoms with van der Waals surface area (Å²) in [6.45, 7) is 4.12. The number of alkyl halides is 3. The molecule has 14 heavy (non-hydrogen) atoms. The zero-order valence-electron chi connectivity index (χ0n) is 8.11. The molecule has 0 radical (unpaired) electrons. The number of halogens is 3. The Labute approximate surface area is 82.4 Å². The minimum Gasteiger partial charge on any atom is -0.311 e. The van der Waals surface area contributed by atoms with Crippen LogP contribution in [0.25, 0.3) is 0 Å². The number of nitrogens with one attached hydrogen (secondary N) is 1. The van der Waals surface area contributed by atoms with E-state index in [1.165, 1.54) is 0 Å². The fourth-order valence-electron chi connectivity index (χ4n) is 1.92. The molecule has 0 aromatic rings. The molecule has 0 aromatic carbocycles. The summed E-state index contributed by atoms with van der Waals surface area (Å²) in [5.41, 5.74) is 0. The topological polar surface area (TPSA) is 12.0 Å². The van der Waals surface area contributed by atoms with Crippen LogP contribution in [0.4, 0.5) is 13.2 Å². The molecule has 1 aliphatic rings. The molecule has 0 bridgehead atoms. The highest BCUT2D eigenvalue weighted by atomic mass is 19.4. The van der Waals surface area contributed by atoms with E-state index in [-0.39, 0.29) is 18.9 Å². The van der Waals surface area contributed by atoms with Crippen LogP contribution in [0.2, 0.25) is 0 Å². The van der Waals surface area contributed by atoms with Crippen molar-refractivity contribution in [1.29, 1.82) is 0 Å². The van der Waals surface area contributed by atoms with Gasteiger partial charge in [-0.25, -0.2) is 0 Å². The first-order valence-electron chi connectivity index (χ1n) is 4.95. The molecule has 0 amide bonds. The van der Waals surface area contributed by atoms with Crippen molar-refractivity contribution in [3.05, 3.63) is 12.7 Å². The zero-order valence-corrected chi connectivity index (χ0v) is 8.11. The fourth-order valence-corrected chi connectivity index (χ4v) is 1.92. The van der Waals surface area contributed by atoms with Crippen LogP contribution in [0, 0.1) is 5.92 Å². The minimum absolute atomic E-state index is 0.00775. The first kappa shape index (κ1) is 11.6. The van der Waals surface area contributed by atoms with Gasteiger partial charge in [-0.3, -0.25) is 0 Å². The third-order valence-corrected chi connectivity index (χ3v) is 2.69. The van der Waals surface area contributed by atoms with Gasteiger partial charge < -0.3 is 5.32 Å². The van der Waals surface area contributed by atoms with Crippen LogP contribution in [0.15, 0.2) is 12.7 Å². The van der Waals surface area contributed by atoms with Gasteiger partial charge in [0.05, 0.1) is 5.92 Å². The molecular weight excluding hydrogens is 191 g/mol. The monoisotopic (exact) mass is 207 g/mol. The predicted molar refractivity (Wildman–Crippen MR) is 50.0 cm³/mol. The molecule has 1 saturated carbocycles. The van der Waals surface area contributed by atoms with E-state index in [2.05, 4.69) is 11.9 Å². The first-order chi connectivity index (χ1) is 6.54. The molecule has 2 atom stereocenters. The van der Waals surface area contributed by atoms with Crippen molar-refractivity contribution < 1.29 is 13.2 Å². The smallest absolute Gasteiger partial charge is 0.311 e. The van der Waals surface area contributed by atoms with Crippen LogP contribution in [0.1, 0.15) is 25.7 Å². The molecular formula is C10H16F3N. The highest BCUT2D eigenvalue weighted by Gasteiger charge is 2.41. The van der Waals surface area contributed by atoms with E-state index >= 15 is 0 Å². The Kier molecular flexibility index (Phi) is 3.98. The number of hydrogen-bond acceptors (Lipinski definition) is 1. The van der Waals surface area contributed by atoms with E-state index in [1.54, 1.807) is 6.08 Å². The second-order valence-corrected chi connectivity index (χ2v) is 3.80. The summed E-state index contributed by atoms with van der Waals surface area (Å²) < 4.78 is 37.2. The lowest BCUT2D eigenvalue weighted by Gasteiger charge is -2.30. The molecule has 1 nitrogen and oxygen atoms in total. The van der Waals surface area contributed by atoms with Gasteiger partial charge in [-0.2, -0.15) is 13.2 Å². The van der Waals surface area contributed by atoms with E-state index in [0.717, 1.165) is 6.42 Å². The van der Waals surface area contributed by atoms with E-state index in [9.17, 15) is 13.2 Å². The van der Waals surface area contributed by atoms with E-state index < -0.39 is 12.1 Å². The summed E-state index contributed by atoms with van der Waals surface area (Å²) in [6, 6.07) is 0.00775. The highest BCUT2D eigenvalue weighted by molar-refractivity contribution is 4.83. The van der Waals surface area contributed by atoms with Crippen molar-refractivity contribution in [1.82, 2.24) is 5.32 Å². The Morgan fingerprint density at radius 3 is 2.64 bits per heavy atom. The van der Waals surface area contributed by atoms with Crippen molar-refractivity contribution in [3.63, 3.8) is 0 Å². The molecule has 1 fully saturated rings. The average molecular weight is 207 g/mol. The normalized spacial score (nSPS) is 28.8. The summed E-state index contributed by atoms with van der Waals surface area (Å²) in [6.07, 6.45) is -0.321. The summed E-state index contributed by atoms with van der Waals surface area (Å²) in [4.78, 5) is 0. The molecule has 0 saturated heterocycles. The Morgan fingerprint density at radius 2 is 2.07 bits per heavy atom. The summed E-state index contributed by atoms with van der Waals surface area (Å²) >= 11 is 0. The van der Waals surface area contributed by atoms with Gasteiger partial charge in [0.1, 0.15) is 0 Å². The SMILES string of the molecule is C=CCNC1CCCC(C(F)(F)F)C1. The molecule has 0 aliphatic heterocycles. The Hall–Kier alpha value is -0.510. The van der Waals surface area contributed by atoms with Crippen molar-refractivity contribution in [2.45, 2.75) is 37.9 Å². The van der Waals surface area contributed by atoms with Crippen LogP contribution in [-0.4, -0.2) is 18.8 Å². The molecule has 1 N–H and O–H groups in total. The van der Waals surface area contributed by atoms with Crippen molar-refractivity contribution in [2.75, 3.05) is 6.54 Å². The van der Waals surface area contributed by atoms with Gasteiger partial charge in [-0.05, 0) is 19.3 Å². The Bertz CT molecular complexity index is 188. The zero-order chi connectivity index (χ0) is 10.6. The van der Waals surface area contributed by atoms with E-state index in [1.807, 2.05) is 0 Å². The summed E-state index contributed by atoms with van der Waals surface area (Å²) in [5, 5.41) is 3.06. The van der Waals surface area contributed by atoms with Crippen LogP contribution in [0.5, 0.6) is 0 Å². The molecule has 0 heterocycles. The largest absolute Gasteiger partial charge is 0.391 e. The highest BCUT2D eigenvalue weighted by Crippen LogP contribution is 2.37. The number of rotatable bonds is 3. The lowest BCUT2D eigenvalue weighted by molar-refractivity contribution is -0.183. The molecule has 1 aliphatic carbocycles. The lowest BCUT2D eigenvalue weighted by atomic mass is 9.85. The van der Waals surface area contributed by atoms with Crippen molar-refractivity contribution >= 4 is 0 Å². The van der Waals surface area contributed by atoms with Gasteiger partial charge in [0.25, 0.3) is 0 Å². The van der Waals surface area contributed by atoms with E-state index in [4.69, 9.17) is 0 Å². The van der Waals surface area contributed by atoms with Crippen molar-refractivity contribution in [2.24, 2.45) is 5.92 Å². The second-order valence-electron chi connectivity index (χ2n) is 3.80. The van der Waals surface area contributed by atoms with Crippen LogP contribution < -0.4 is 5.32 Å². The first-order valence-corrected chi connectivity index (χ1v) is 4.95. The van der Waals surface area contributed by atoms with Crippen LogP contribution >= 0.6 is 0 Å². The van der Waals surface area contributed by atoms with Gasteiger partial charge >= 0.3 is 6.18 Å². The van der Waals surface area contributed by atoms with Crippen LogP contribution in [-0.2, 0) is 0 Å². The second kappa shape index (κ2) is 4.82. The quantitative estimate of drug-likeness (QED) is 0.702. The standard InChI is InChI=1S/C10H16F3N/c1-2-6-14-9-5-3-4-8(7-9)10(11,12)13/h2,8-9,14H,1,3-7H2. The van der Waals surface area contributed by atoms with Gasteiger partial charge in [-0.1, -0.05) is 12.5 Å². The molecule has 4 heteroatoms. The minimum atomic E-state index is -4.02. The van der Waals surface area contributed by atoms with Gasteiger partial charge in [-0.15, -0.1) is 6.58 Å².